The van der Waals surface area contributed by atoms with Crippen molar-refractivity contribution in [2.24, 2.45) is 17.8 Å². The first-order valence-electron chi connectivity index (χ1n) is 8.54. The number of ketones is 1. The third-order valence-electron chi connectivity index (χ3n) is 5.99. The molecule has 0 bridgehead atoms. The molecule has 122 valence electrons. The molecule has 3 rings (SSSR count). The summed E-state index contributed by atoms with van der Waals surface area (Å²) in [5, 5.41) is 20.5. The Hall–Kier alpha value is -0.890. The summed E-state index contributed by atoms with van der Waals surface area (Å²) < 4.78 is 5.50. The number of carbonyl (C=O) groups excluding carboxylic acids is 1. The van der Waals surface area contributed by atoms with Gasteiger partial charge in [-0.15, -0.1) is 0 Å². The van der Waals surface area contributed by atoms with Gasteiger partial charge in [0.25, 0.3) is 0 Å². The van der Waals surface area contributed by atoms with Gasteiger partial charge in [-0.3, -0.25) is 4.79 Å². The van der Waals surface area contributed by atoms with E-state index in [1.54, 1.807) is 7.11 Å². The molecule has 4 heteroatoms. The summed E-state index contributed by atoms with van der Waals surface area (Å²) in [7, 11) is 1.57. The number of methoxy groups -OCH3 is 1. The second-order valence-electron chi connectivity index (χ2n) is 7.09. The van der Waals surface area contributed by atoms with Gasteiger partial charge >= 0.3 is 0 Å². The Bertz CT molecular complexity index is 485. The maximum absolute atomic E-state index is 12.0. The number of ether oxygens (including phenoxy) is 1. The van der Waals surface area contributed by atoms with Crippen LogP contribution in [0.3, 0.4) is 0 Å². The molecule has 0 spiro atoms. The van der Waals surface area contributed by atoms with Gasteiger partial charge in [0.05, 0.1) is 12.0 Å². The number of aliphatic hydroxyl groups is 2. The molecule has 0 radical (unpaired) electrons. The predicted octanol–water partition coefficient (Wildman–Crippen LogP) is 1.68. The first kappa shape index (κ1) is 16.0. The lowest BCUT2D eigenvalue weighted by Crippen LogP contribution is -2.64. The molecule has 0 amide bonds. The largest absolute Gasteiger partial charge is 0.392 e. The third kappa shape index (κ3) is 2.60. The van der Waals surface area contributed by atoms with Gasteiger partial charge in [0, 0.05) is 19.4 Å². The summed E-state index contributed by atoms with van der Waals surface area (Å²) in [5.41, 5.74) is -0.728. The fraction of sp³-hybridized carbons (Fsp3) is 0.833. The SMILES string of the molecule is CO[C@]12CC[C@@H](O)[C@H](C#C[C@@H](O)C3CCCCC3)[C@H]1CC2=O. The van der Waals surface area contributed by atoms with Crippen molar-refractivity contribution in [2.75, 3.05) is 7.11 Å². The Morgan fingerprint density at radius 2 is 2.00 bits per heavy atom. The Kier molecular flexibility index (Phi) is 4.59. The maximum atomic E-state index is 12.0. The van der Waals surface area contributed by atoms with E-state index in [4.69, 9.17) is 4.74 Å². The lowest BCUT2D eigenvalue weighted by molar-refractivity contribution is -0.190. The minimum atomic E-state index is -0.728. The summed E-state index contributed by atoms with van der Waals surface area (Å²) in [6.07, 6.45) is 6.07. The first-order chi connectivity index (χ1) is 10.6. The molecule has 0 aromatic carbocycles. The normalized spacial score (nSPS) is 40.1. The van der Waals surface area contributed by atoms with Crippen LogP contribution in [0, 0.1) is 29.6 Å². The Labute approximate surface area is 132 Å². The third-order valence-corrected chi connectivity index (χ3v) is 5.99. The molecule has 0 aliphatic heterocycles. The number of hydrogen-bond donors (Lipinski definition) is 2. The quantitative estimate of drug-likeness (QED) is 0.762. The van der Waals surface area contributed by atoms with Crippen LogP contribution in [-0.4, -0.2) is 40.9 Å². The van der Waals surface area contributed by atoms with Crippen LogP contribution in [0.2, 0.25) is 0 Å². The highest BCUT2D eigenvalue weighted by atomic mass is 16.5. The molecule has 0 saturated heterocycles. The van der Waals surface area contributed by atoms with Crippen molar-refractivity contribution in [1.29, 1.82) is 0 Å². The van der Waals surface area contributed by atoms with Crippen molar-refractivity contribution in [3.63, 3.8) is 0 Å². The molecule has 0 aromatic rings. The van der Waals surface area contributed by atoms with E-state index in [-0.39, 0.29) is 23.5 Å². The van der Waals surface area contributed by atoms with Gasteiger partial charge in [-0.05, 0) is 31.6 Å². The average molecular weight is 306 g/mol. The molecule has 3 aliphatic rings. The molecule has 22 heavy (non-hydrogen) atoms. The molecule has 3 fully saturated rings. The lowest BCUT2D eigenvalue weighted by atomic mass is 9.55. The van der Waals surface area contributed by atoms with Gasteiger partial charge in [0.15, 0.2) is 5.78 Å². The van der Waals surface area contributed by atoms with Gasteiger partial charge in [0.1, 0.15) is 11.7 Å². The van der Waals surface area contributed by atoms with Crippen molar-refractivity contribution >= 4 is 5.78 Å². The first-order valence-corrected chi connectivity index (χ1v) is 8.54. The standard InChI is InChI=1S/C18H26O4/c1-22-18-10-9-16(20)13(14(18)11-17(18)21)7-8-15(19)12-5-3-2-4-6-12/h12-16,19-20H,2-6,9-11H2,1H3/t13-,14-,15-,16-,18-/m1/s1. The van der Waals surface area contributed by atoms with Gasteiger partial charge < -0.3 is 14.9 Å². The van der Waals surface area contributed by atoms with Gasteiger partial charge in [-0.25, -0.2) is 0 Å². The molecule has 0 unspecified atom stereocenters. The monoisotopic (exact) mass is 306 g/mol. The van der Waals surface area contributed by atoms with Crippen molar-refractivity contribution in [3.8, 4) is 11.8 Å². The van der Waals surface area contributed by atoms with Crippen LogP contribution in [0.5, 0.6) is 0 Å². The second-order valence-corrected chi connectivity index (χ2v) is 7.09. The highest BCUT2D eigenvalue weighted by molar-refractivity contribution is 5.94. The van der Waals surface area contributed by atoms with E-state index in [2.05, 4.69) is 11.8 Å². The summed E-state index contributed by atoms with van der Waals surface area (Å²) in [5.74, 6) is 6.17. The summed E-state index contributed by atoms with van der Waals surface area (Å²) >= 11 is 0. The molecular formula is C18H26O4. The molecule has 5 atom stereocenters. The highest BCUT2D eigenvalue weighted by Gasteiger charge is 2.61. The molecule has 4 nitrogen and oxygen atoms in total. The fourth-order valence-electron chi connectivity index (χ4n) is 4.48. The zero-order chi connectivity index (χ0) is 15.7. The van der Waals surface area contributed by atoms with E-state index < -0.39 is 17.8 Å². The van der Waals surface area contributed by atoms with E-state index >= 15 is 0 Å². The van der Waals surface area contributed by atoms with Crippen molar-refractivity contribution in [1.82, 2.24) is 0 Å². The number of carbonyl (C=O) groups is 1. The van der Waals surface area contributed by atoms with E-state index in [1.165, 1.54) is 19.3 Å². The van der Waals surface area contributed by atoms with E-state index in [1.807, 2.05) is 0 Å². The van der Waals surface area contributed by atoms with Crippen LogP contribution in [-0.2, 0) is 9.53 Å². The summed E-state index contributed by atoms with van der Waals surface area (Å²) in [6, 6.07) is 0. The molecule has 0 aromatic heterocycles. The molecule has 2 N–H and O–H groups in total. The van der Waals surface area contributed by atoms with Crippen LogP contribution in [0.1, 0.15) is 51.4 Å². The maximum Gasteiger partial charge on any atom is 0.165 e. The predicted molar refractivity (Wildman–Crippen MR) is 81.9 cm³/mol. The van der Waals surface area contributed by atoms with Gasteiger partial charge in [-0.2, -0.15) is 0 Å². The number of aliphatic hydroxyl groups excluding tert-OH is 2. The topological polar surface area (TPSA) is 66.8 Å². The smallest absolute Gasteiger partial charge is 0.165 e. The van der Waals surface area contributed by atoms with Gasteiger partial charge in [0.2, 0.25) is 0 Å². The molecular weight excluding hydrogens is 280 g/mol. The number of Topliss-reactive ketones (excluding diaryl/α,β-unsaturated/α-hetero) is 1. The van der Waals surface area contributed by atoms with Crippen LogP contribution in [0.15, 0.2) is 0 Å². The molecule has 3 saturated carbocycles. The number of hydrogen-bond acceptors (Lipinski definition) is 4. The number of fused-ring (bicyclic) bond motifs is 1. The minimum Gasteiger partial charge on any atom is -0.392 e. The Morgan fingerprint density at radius 3 is 2.64 bits per heavy atom. The lowest BCUT2D eigenvalue weighted by Gasteiger charge is -2.53. The summed E-state index contributed by atoms with van der Waals surface area (Å²) in [4.78, 5) is 12.0. The van der Waals surface area contributed by atoms with Gasteiger partial charge in [-0.1, -0.05) is 31.1 Å². The fourth-order valence-corrected chi connectivity index (χ4v) is 4.48. The number of rotatable bonds is 2. The van der Waals surface area contributed by atoms with Crippen molar-refractivity contribution in [2.45, 2.75) is 69.2 Å². The molecule has 0 heterocycles. The molecule has 3 aliphatic carbocycles. The Morgan fingerprint density at radius 1 is 1.27 bits per heavy atom. The summed E-state index contributed by atoms with van der Waals surface area (Å²) in [6.45, 7) is 0. The Balaban J connectivity index is 1.71. The van der Waals surface area contributed by atoms with Crippen LogP contribution >= 0.6 is 0 Å². The van der Waals surface area contributed by atoms with Crippen molar-refractivity contribution in [3.05, 3.63) is 0 Å². The zero-order valence-electron chi connectivity index (χ0n) is 13.3. The van der Waals surface area contributed by atoms with Crippen LogP contribution in [0.4, 0.5) is 0 Å². The highest BCUT2D eigenvalue weighted by Crippen LogP contribution is 2.50. The van der Waals surface area contributed by atoms with E-state index in [0.717, 1.165) is 12.8 Å². The van der Waals surface area contributed by atoms with Crippen LogP contribution < -0.4 is 0 Å². The minimum absolute atomic E-state index is 0.0280. The average Bonchev–Trinajstić information content (AvgIpc) is 2.54. The zero-order valence-corrected chi connectivity index (χ0v) is 13.3. The van der Waals surface area contributed by atoms with E-state index in [9.17, 15) is 15.0 Å². The van der Waals surface area contributed by atoms with Crippen LogP contribution in [0.25, 0.3) is 0 Å². The van der Waals surface area contributed by atoms with E-state index in [0.29, 0.717) is 19.3 Å². The second kappa shape index (κ2) is 6.31. The van der Waals surface area contributed by atoms with Crippen molar-refractivity contribution < 1.29 is 19.7 Å².